The summed E-state index contributed by atoms with van der Waals surface area (Å²) in [6, 6.07) is 3.33. The lowest BCUT2D eigenvalue weighted by atomic mass is 10.00. The molecule has 2 aliphatic heterocycles. The monoisotopic (exact) mass is 400 g/mol. The molecule has 1 aromatic carbocycles. The number of carbonyl (C=O) groups is 3. The molecule has 0 aliphatic carbocycles. The highest BCUT2D eigenvalue weighted by Crippen LogP contribution is 2.36. The van der Waals surface area contributed by atoms with Crippen molar-refractivity contribution in [1.29, 1.82) is 0 Å². The van der Waals surface area contributed by atoms with Crippen LogP contribution in [-0.4, -0.2) is 44.4 Å². The van der Waals surface area contributed by atoms with E-state index in [1.807, 2.05) is 0 Å². The van der Waals surface area contributed by atoms with Crippen molar-refractivity contribution in [3.05, 3.63) is 29.8 Å². The number of anilines is 1. The third-order valence-electron chi connectivity index (χ3n) is 4.45. The van der Waals surface area contributed by atoms with Gasteiger partial charge in [0, 0.05) is 0 Å². The molecule has 3 amide bonds. The van der Waals surface area contributed by atoms with Gasteiger partial charge in [-0.05, 0) is 38.2 Å². The Hall–Kier alpha value is -2.53. The molecule has 27 heavy (non-hydrogen) atoms. The van der Waals surface area contributed by atoms with Crippen LogP contribution in [0.15, 0.2) is 24.3 Å². The number of alkyl halides is 3. The van der Waals surface area contributed by atoms with E-state index in [9.17, 15) is 27.6 Å². The summed E-state index contributed by atoms with van der Waals surface area (Å²) in [4.78, 5) is 37.2. The van der Waals surface area contributed by atoms with Gasteiger partial charge >= 0.3 is 6.18 Å². The zero-order valence-corrected chi connectivity index (χ0v) is 15.1. The smallest absolute Gasteiger partial charge is 0.324 e. The number of thiocarbonyl (C=S) groups is 1. The predicted molar refractivity (Wildman–Crippen MR) is 92.0 cm³/mol. The van der Waals surface area contributed by atoms with Crippen molar-refractivity contribution in [2.24, 2.45) is 0 Å². The van der Waals surface area contributed by atoms with Crippen LogP contribution in [-0.2, 0) is 20.6 Å². The average molecular weight is 400 g/mol. The third kappa shape index (κ3) is 3.16. The highest BCUT2D eigenvalue weighted by molar-refractivity contribution is 7.80. The summed E-state index contributed by atoms with van der Waals surface area (Å²) in [7, 11) is 0. The number of hydrazine groups is 1. The maximum absolute atomic E-state index is 13.1. The Kier molecular flexibility index (Phi) is 4.47. The van der Waals surface area contributed by atoms with Gasteiger partial charge in [0.1, 0.15) is 11.6 Å². The molecular weight excluding hydrogens is 385 g/mol. The number of nitrogens with zero attached hydrogens (tertiary/aromatic N) is 2. The highest BCUT2D eigenvalue weighted by Gasteiger charge is 2.56. The molecule has 2 fully saturated rings. The molecule has 2 saturated heterocycles. The summed E-state index contributed by atoms with van der Waals surface area (Å²) in [5.41, 5.74) is -2.74. The number of carbonyl (C=O) groups excluding carboxylic acids is 3. The van der Waals surface area contributed by atoms with E-state index < -0.39 is 46.7 Å². The number of rotatable bonds is 2. The quantitative estimate of drug-likeness (QED) is 0.738. The molecule has 11 heteroatoms. The van der Waals surface area contributed by atoms with Crippen molar-refractivity contribution < 1.29 is 27.6 Å². The Labute approximate surface area is 157 Å². The number of fused-ring (bicyclic) bond motifs is 1. The van der Waals surface area contributed by atoms with Crippen molar-refractivity contribution in [2.75, 3.05) is 5.32 Å². The zero-order chi connectivity index (χ0) is 20.1. The number of hydrogen-bond donors (Lipinski definition) is 2. The highest BCUT2D eigenvalue weighted by atomic mass is 32.1. The summed E-state index contributed by atoms with van der Waals surface area (Å²) < 4.78 is 39.4. The number of nitrogens with one attached hydrogen (secondary N) is 2. The molecule has 3 rings (SSSR count). The van der Waals surface area contributed by atoms with E-state index in [2.05, 4.69) is 10.6 Å². The van der Waals surface area contributed by atoms with Gasteiger partial charge in [0.15, 0.2) is 5.11 Å². The number of para-hydroxylation sites is 1. The second kappa shape index (κ2) is 6.27. The third-order valence-corrected chi connectivity index (χ3v) is 4.72. The first-order chi connectivity index (χ1) is 12.4. The Morgan fingerprint density at radius 2 is 1.93 bits per heavy atom. The molecule has 7 nitrogen and oxygen atoms in total. The fourth-order valence-corrected chi connectivity index (χ4v) is 3.40. The Balaban J connectivity index is 1.93. The maximum atomic E-state index is 13.1. The number of halogens is 3. The van der Waals surface area contributed by atoms with Crippen molar-refractivity contribution in [2.45, 2.75) is 38.0 Å². The summed E-state index contributed by atoms with van der Waals surface area (Å²) in [6.07, 6.45) is -4.98. The Morgan fingerprint density at radius 3 is 2.56 bits per heavy atom. The number of amides is 3. The van der Waals surface area contributed by atoms with Crippen LogP contribution in [0.1, 0.15) is 25.8 Å². The van der Waals surface area contributed by atoms with Crippen LogP contribution in [0, 0.1) is 0 Å². The SMILES string of the molecule is CC1(C)C(=O)NC(=S)N2C(=O)C[C@@H](C(=O)Nc3ccccc3C(F)(F)F)N21. The molecule has 1 aromatic rings. The van der Waals surface area contributed by atoms with Crippen molar-refractivity contribution >= 4 is 40.7 Å². The molecule has 2 N–H and O–H groups in total. The first-order valence-corrected chi connectivity index (χ1v) is 8.30. The standard InChI is InChI=1S/C16H15F3N4O3S/c1-15(2)13(26)21-14(27)22-11(24)7-10(23(15)22)12(25)20-9-6-4-3-5-8(9)16(17,18)19/h3-6,10H,7H2,1-2H3,(H,20,25)(H,21,26,27)/t10-/m0/s1. The summed E-state index contributed by atoms with van der Waals surface area (Å²) in [5.74, 6) is -1.89. The average Bonchev–Trinajstić information content (AvgIpc) is 2.92. The fraction of sp³-hybridized carbons (Fsp3) is 0.375. The summed E-state index contributed by atoms with van der Waals surface area (Å²) in [5, 5.41) is 6.66. The van der Waals surface area contributed by atoms with Crippen LogP contribution in [0.2, 0.25) is 0 Å². The van der Waals surface area contributed by atoms with E-state index in [0.717, 1.165) is 17.1 Å². The number of hydrogen-bond acceptors (Lipinski definition) is 5. The molecule has 0 unspecified atom stereocenters. The van der Waals surface area contributed by atoms with E-state index in [-0.39, 0.29) is 11.5 Å². The molecular formula is C16H15F3N4O3S. The largest absolute Gasteiger partial charge is 0.418 e. The first kappa shape index (κ1) is 19.2. The number of benzene rings is 1. The minimum absolute atomic E-state index is 0.171. The van der Waals surface area contributed by atoms with Crippen LogP contribution >= 0.6 is 12.2 Å². The molecule has 0 radical (unpaired) electrons. The Bertz CT molecular complexity index is 856. The fourth-order valence-electron chi connectivity index (χ4n) is 3.11. The van der Waals surface area contributed by atoms with E-state index in [1.54, 1.807) is 0 Å². The van der Waals surface area contributed by atoms with Crippen LogP contribution in [0.4, 0.5) is 18.9 Å². The second-order valence-electron chi connectivity index (χ2n) is 6.62. The maximum Gasteiger partial charge on any atom is 0.418 e. The Morgan fingerprint density at radius 1 is 1.30 bits per heavy atom. The molecule has 0 saturated carbocycles. The topological polar surface area (TPSA) is 81.8 Å². The van der Waals surface area contributed by atoms with Crippen LogP contribution in [0.5, 0.6) is 0 Å². The molecule has 0 bridgehead atoms. The van der Waals surface area contributed by atoms with Crippen LogP contribution < -0.4 is 10.6 Å². The van der Waals surface area contributed by atoms with Crippen molar-refractivity contribution in [1.82, 2.24) is 15.3 Å². The molecule has 2 heterocycles. The minimum atomic E-state index is -4.66. The minimum Gasteiger partial charge on any atom is -0.324 e. The van der Waals surface area contributed by atoms with E-state index in [0.29, 0.717) is 0 Å². The lowest BCUT2D eigenvalue weighted by Gasteiger charge is -2.45. The van der Waals surface area contributed by atoms with Gasteiger partial charge in [-0.25, -0.2) is 5.01 Å². The first-order valence-electron chi connectivity index (χ1n) is 7.89. The van der Waals surface area contributed by atoms with Crippen molar-refractivity contribution in [3.63, 3.8) is 0 Å². The molecule has 0 spiro atoms. The van der Waals surface area contributed by atoms with Gasteiger partial charge in [-0.3, -0.25) is 19.7 Å². The van der Waals surface area contributed by atoms with Gasteiger partial charge in [-0.15, -0.1) is 0 Å². The van der Waals surface area contributed by atoms with Gasteiger partial charge in [0.2, 0.25) is 17.7 Å². The summed E-state index contributed by atoms with van der Waals surface area (Å²) >= 11 is 4.99. The van der Waals surface area contributed by atoms with Crippen LogP contribution in [0.3, 0.4) is 0 Å². The molecule has 144 valence electrons. The van der Waals surface area contributed by atoms with Gasteiger partial charge in [0.05, 0.1) is 17.7 Å². The second-order valence-corrected chi connectivity index (χ2v) is 7.01. The molecule has 0 aromatic heterocycles. The van der Waals surface area contributed by atoms with E-state index >= 15 is 0 Å². The van der Waals surface area contributed by atoms with E-state index in [4.69, 9.17) is 12.2 Å². The lowest BCUT2D eigenvalue weighted by molar-refractivity contribution is -0.154. The molecule has 2 aliphatic rings. The predicted octanol–water partition coefficient (Wildman–Crippen LogP) is 1.66. The van der Waals surface area contributed by atoms with Crippen molar-refractivity contribution in [3.8, 4) is 0 Å². The van der Waals surface area contributed by atoms with Gasteiger partial charge in [0.25, 0.3) is 0 Å². The van der Waals surface area contributed by atoms with Gasteiger partial charge in [-0.2, -0.15) is 18.2 Å². The van der Waals surface area contributed by atoms with E-state index in [1.165, 1.54) is 31.0 Å². The summed E-state index contributed by atoms with van der Waals surface area (Å²) in [6.45, 7) is 2.97. The zero-order valence-electron chi connectivity index (χ0n) is 14.3. The lowest BCUT2D eigenvalue weighted by Crippen LogP contribution is -2.71. The van der Waals surface area contributed by atoms with Crippen LogP contribution in [0.25, 0.3) is 0 Å². The van der Waals surface area contributed by atoms with Gasteiger partial charge in [-0.1, -0.05) is 12.1 Å². The normalized spacial score (nSPS) is 22.5. The molecule has 1 atom stereocenters. The van der Waals surface area contributed by atoms with Gasteiger partial charge < -0.3 is 5.32 Å².